The van der Waals surface area contributed by atoms with Crippen LogP contribution >= 0.6 is 0 Å². The molecule has 1 aromatic heterocycles. The fraction of sp³-hybridized carbons (Fsp3) is 0.500. The summed E-state index contributed by atoms with van der Waals surface area (Å²) >= 11 is 0. The maximum absolute atomic E-state index is 12.1. The molecule has 0 spiro atoms. The Bertz CT molecular complexity index is 651. The van der Waals surface area contributed by atoms with Crippen LogP contribution in [0.4, 0.5) is 0 Å². The summed E-state index contributed by atoms with van der Waals surface area (Å²) < 4.78 is 2.24. The molecule has 112 valence electrons. The minimum Gasteiger partial charge on any atom is -0.356 e. The molecular formula is C18H24N2O. The Labute approximate surface area is 126 Å². The predicted molar refractivity (Wildman–Crippen MR) is 86.3 cm³/mol. The van der Waals surface area contributed by atoms with Crippen molar-refractivity contribution in [2.24, 2.45) is 13.0 Å². The van der Waals surface area contributed by atoms with E-state index in [4.69, 9.17) is 0 Å². The van der Waals surface area contributed by atoms with Crippen LogP contribution in [0.2, 0.25) is 0 Å². The van der Waals surface area contributed by atoms with Gasteiger partial charge in [-0.2, -0.15) is 0 Å². The van der Waals surface area contributed by atoms with Crippen molar-refractivity contribution in [2.45, 2.75) is 39.0 Å². The number of carbonyl (C=O) groups excluding carboxylic acids is 1. The van der Waals surface area contributed by atoms with Gasteiger partial charge in [-0.15, -0.1) is 0 Å². The lowest BCUT2D eigenvalue weighted by molar-refractivity contribution is -0.124. The maximum atomic E-state index is 12.1. The van der Waals surface area contributed by atoms with Gasteiger partial charge < -0.3 is 9.88 Å². The zero-order chi connectivity index (χ0) is 14.8. The second kappa shape index (κ2) is 5.92. The topological polar surface area (TPSA) is 34.0 Å². The lowest BCUT2D eigenvalue weighted by Crippen LogP contribution is -2.31. The number of benzene rings is 1. The molecule has 0 bridgehead atoms. The summed E-state index contributed by atoms with van der Waals surface area (Å²) in [6.45, 7) is 2.90. The number of nitrogens with one attached hydrogen (secondary N) is 1. The van der Waals surface area contributed by atoms with Gasteiger partial charge in [0.25, 0.3) is 0 Å². The van der Waals surface area contributed by atoms with Crippen LogP contribution in [0.15, 0.2) is 24.3 Å². The van der Waals surface area contributed by atoms with E-state index in [1.807, 2.05) is 0 Å². The van der Waals surface area contributed by atoms with E-state index in [0.29, 0.717) is 0 Å². The van der Waals surface area contributed by atoms with E-state index in [2.05, 4.69) is 48.1 Å². The lowest BCUT2D eigenvalue weighted by atomic mass is 10.1. The monoisotopic (exact) mass is 284 g/mol. The Morgan fingerprint density at radius 2 is 2.00 bits per heavy atom. The van der Waals surface area contributed by atoms with E-state index in [-0.39, 0.29) is 11.8 Å². The van der Waals surface area contributed by atoms with Crippen LogP contribution in [-0.2, 0) is 18.3 Å². The number of fused-ring (bicyclic) bond motifs is 1. The Morgan fingerprint density at radius 1 is 1.29 bits per heavy atom. The number of hydrogen-bond donors (Lipinski definition) is 1. The van der Waals surface area contributed by atoms with Crippen LogP contribution in [0.5, 0.6) is 0 Å². The van der Waals surface area contributed by atoms with Gasteiger partial charge in [0.2, 0.25) is 5.91 Å². The standard InChI is InChI=1S/C18H24N2O/c1-13-15(16-9-5-6-10-17(16)20(13)2)11-12-19-18(21)14-7-3-4-8-14/h5-6,9-10,14H,3-4,7-8,11-12H2,1-2H3,(H,19,21). The average Bonchev–Trinajstić information content (AvgIpc) is 3.11. The van der Waals surface area contributed by atoms with E-state index < -0.39 is 0 Å². The molecule has 1 aliphatic rings. The van der Waals surface area contributed by atoms with Gasteiger partial charge >= 0.3 is 0 Å². The highest BCUT2D eigenvalue weighted by Crippen LogP contribution is 2.26. The summed E-state index contributed by atoms with van der Waals surface area (Å²) in [4.78, 5) is 12.1. The average molecular weight is 284 g/mol. The lowest BCUT2D eigenvalue weighted by Gasteiger charge is -2.10. The van der Waals surface area contributed by atoms with Gasteiger partial charge in [0.1, 0.15) is 0 Å². The molecule has 1 saturated carbocycles. The summed E-state index contributed by atoms with van der Waals surface area (Å²) in [6.07, 6.45) is 5.46. The number of amides is 1. The van der Waals surface area contributed by atoms with E-state index in [0.717, 1.165) is 25.8 Å². The van der Waals surface area contributed by atoms with Gasteiger partial charge in [0.05, 0.1) is 0 Å². The van der Waals surface area contributed by atoms with Crippen molar-refractivity contribution < 1.29 is 4.79 Å². The summed E-state index contributed by atoms with van der Waals surface area (Å²) in [5, 5.41) is 4.44. The first-order chi connectivity index (χ1) is 10.2. The van der Waals surface area contributed by atoms with E-state index in [1.54, 1.807) is 0 Å². The Hall–Kier alpha value is -1.77. The molecule has 0 atom stereocenters. The Morgan fingerprint density at radius 3 is 2.76 bits per heavy atom. The van der Waals surface area contributed by atoms with Gasteiger partial charge in [-0.05, 0) is 37.8 Å². The zero-order valence-corrected chi connectivity index (χ0v) is 13.0. The van der Waals surface area contributed by atoms with Crippen LogP contribution in [0.1, 0.15) is 36.9 Å². The number of aromatic nitrogens is 1. The van der Waals surface area contributed by atoms with Crippen molar-refractivity contribution in [2.75, 3.05) is 6.54 Å². The number of hydrogen-bond acceptors (Lipinski definition) is 1. The smallest absolute Gasteiger partial charge is 0.223 e. The molecule has 1 heterocycles. The van der Waals surface area contributed by atoms with Crippen molar-refractivity contribution in [3.8, 4) is 0 Å². The molecule has 21 heavy (non-hydrogen) atoms. The number of aryl methyl sites for hydroxylation is 1. The molecule has 1 N–H and O–H groups in total. The molecule has 3 heteroatoms. The molecule has 2 aromatic rings. The highest BCUT2D eigenvalue weighted by Gasteiger charge is 2.22. The fourth-order valence-electron chi connectivity index (χ4n) is 3.56. The third kappa shape index (κ3) is 2.69. The van der Waals surface area contributed by atoms with Gasteiger partial charge in [-0.3, -0.25) is 4.79 Å². The molecule has 0 saturated heterocycles. The minimum atomic E-state index is 0.255. The Balaban J connectivity index is 1.68. The molecule has 3 rings (SSSR count). The number of carbonyl (C=O) groups is 1. The highest BCUT2D eigenvalue weighted by molar-refractivity contribution is 5.85. The van der Waals surface area contributed by atoms with Crippen LogP contribution in [-0.4, -0.2) is 17.0 Å². The van der Waals surface area contributed by atoms with Crippen molar-refractivity contribution in [3.63, 3.8) is 0 Å². The largest absolute Gasteiger partial charge is 0.356 e. The van der Waals surface area contributed by atoms with Crippen molar-refractivity contribution in [1.82, 2.24) is 9.88 Å². The van der Waals surface area contributed by atoms with Gasteiger partial charge in [0.15, 0.2) is 0 Å². The van der Waals surface area contributed by atoms with Crippen LogP contribution in [0.3, 0.4) is 0 Å². The molecule has 1 fully saturated rings. The molecule has 1 aliphatic carbocycles. The van der Waals surface area contributed by atoms with Crippen molar-refractivity contribution in [3.05, 3.63) is 35.5 Å². The minimum absolute atomic E-state index is 0.255. The van der Waals surface area contributed by atoms with E-state index >= 15 is 0 Å². The molecule has 0 radical (unpaired) electrons. The number of nitrogens with zero attached hydrogens (tertiary/aromatic N) is 1. The third-order valence-electron chi connectivity index (χ3n) is 4.93. The maximum Gasteiger partial charge on any atom is 0.223 e. The second-order valence-electron chi connectivity index (χ2n) is 6.16. The quantitative estimate of drug-likeness (QED) is 0.918. The fourth-order valence-corrected chi connectivity index (χ4v) is 3.56. The molecule has 0 aliphatic heterocycles. The van der Waals surface area contributed by atoms with Gasteiger partial charge in [-0.1, -0.05) is 31.0 Å². The molecular weight excluding hydrogens is 260 g/mol. The number of para-hydroxylation sites is 1. The second-order valence-corrected chi connectivity index (χ2v) is 6.16. The van der Waals surface area contributed by atoms with Crippen molar-refractivity contribution >= 4 is 16.8 Å². The summed E-state index contributed by atoms with van der Waals surface area (Å²) in [6, 6.07) is 8.50. The molecule has 3 nitrogen and oxygen atoms in total. The zero-order valence-electron chi connectivity index (χ0n) is 13.0. The first kappa shape index (κ1) is 14.2. The van der Waals surface area contributed by atoms with Gasteiger partial charge in [0, 0.05) is 36.1 Å². The highest BCUT2D eigenvalue weighted by atomic mass is 16.1. The molecule has 1 aromatic carbocycles. The first-order valence-electron chi connectivity index (χ1n) is 7.99. The van der Waals surface area contributed by atoms with E-state index in [9.17, 15) is 4.79 Å². The van der Waals surface area contributed by atoms with Crippen LogP contribution < -0.4 is 5.32 Å². The summed E-state index contributed by atoms with van der Waals surface area (Å²) in [7, 11) is 2.11. The third-order valence-corrected chi connectivity index (χ3v) is 4.93. The SMILES string of the molecule is Cc1c(CCNC(=O)C2CCCC2)c2ccccc2n1C. The first-order valence-corrected chi connectivity index (χ1v) is 7.99. The van der Waals surface area contributed by atoms with Crippen molar-refractivity contribution in [1.29, 1.82) is 0 Å². The number of rotatable bonds is 4. The molecule has 0 unspecified atom stereocenters. The van der Waals surface area contributed by atoms with Crippen LogP contribution in [0.25, 0.3) is 10.9 Å². The van der Waals surface area contributed by atoms with Gasteiger partial charge in [-0.25, -0.2) is 0 Å². The molecule has 1 amide bonds. The Kier molecular flexibility index (Phi) is 4.00. The van der Waals surface area contributed by atoms with E-state index in [1.165, 1.54) is 35.0 Å². The predicted octanol–water partition coefficient (Wildman–Crippen LogP) is 3.34. The summed E-state index contributed by atoms with van der Waals surface area (Å²) in [5.74, 6) is 0.518. The van der Waals surface area contributed by atoms with Crippen LogP contribution in [0, 0.1) is 12.8 Å². The summed E-state index contributed by atoms with van der Waals surface area (Å²) in [5.41, 5.74) is 3.93. The normalized spacial score (nSPS) is 15.7.